The Balaban J connectivity index is 1.59. The summed E-state index contributed by atoms with van der Waals surface area (Å²) >= 11 is 1.32. The molecule has 0 radical (unpaired) electrons. The van der Waals surface area contributed by atoms with Crippen LogP contribution in [0.25, 0.3) is 0 Å². The molecule has 0 aromatic carbocycles. The van der Waals surface area contributed by atoms with Gasteiger partial charge in [-0.2, -0.15) is 0 Å². The Kier molecular flexibility index (Phi) is 4.51. The van der Waals surface area contributed by atoms with E-state index in [4.69, 9.17) is 0 Å². The Labute approximate surface area is 136 Å². The van der Waals surface area contributed by atoms with Crippen molar-refractivity contribution in [3.8, 4) is 0 Å². The molecule has 1 saturated heterocycles. The molecule has 2 aromatic rings. The number of hydrogen-bond acceptors (Lipinski definition) is 8. The SMILES string of the molecule is O=C(NC[C@]1(O)CCN(c2ncccn2)C[C@H]1O)c1cscn1. The maximum absolute atomic E-state index is 11.9. The van der Waals surface area contributed by atoms with Crippen molar-refractivity contribution < 1.29 is 15.0 Å². The first kappa shape index (κ1) is 15.8. The Morgan fingerprint density at radius 2 is 2.22 bits per heavy atom. The molecule has 1 amide bonds. The average Bonchev–Trinajstić information content (AvgIpc) is 3.11. The summed E-state index contributed by atoms with van der Waals surface area (Å²) in [6, 6.07) is 1.72. The fourth-order valence-electron chi connectivity index (χ4n) is 2.46. The van der Waals surface area contributed by atoms with E-state index in [1.165, 1.54) is 11.3 Å². The molecule has 1 aliphatic rings. The summed E-state index contributed by atoms with van der Waals surface area (Å²) < 4.78 is 0. The van der Waals surface area contributed by atoms with Gasteiger partial charge in [-0.25, -0.2) is 15.0 Å². The number of nitrogens with zero attached hydrogens (tertiary/aromatic N) is 4. The van der Waals surface area contributed by atoms with Gasteiger partial charge in [-0.3, -0.25) is 4.79 Å². The van der Waals surface area contributed by atoms with Crippen LogP contribution in [0, 0.1) is 0 Å². The molecule has 0 unspecified atom stereocenters. The Morgan fingerprint density at radius 3 is 2.87 bits per heavy atom. The highest BCUT2D eigenvalue weighted by molar-refractivity contribution is 7.07. The maximum atomic E-state index is 11.9. The lowest BCUT2D eigenvalue weighted by Gasteiger charge is -2.42. The van der Waals surface area contributed by atoms with E-state index in [-0.39, 0.29) is 19.0 Å². The second-order valence-electron chi connectivity index (χ2n) is 5.42. The van der Waals surface area contributed by atoms with E-state index >= 15 is 0 Å². The van der Waals surface area contributed by atoms with Crippen LogP contribution in [0.5, 0.6) is 0 Å². The monoisotopic (exact) mass is 335 g/mol. The summed E-state index contributed by atoms with van der Waals surface area (Å²) in [6.45, 7) is 0.658. The zero-order valence-electron chi connectivity index (χ0n) is 12.3. The molecule has 0 bridgehead atoms. The number of aliphatic hydroxyl groups excluding tert-OH is 1. The molecule has 23 heavy (non-hydrogen) atoms. The molecule has 0 aliphatic carbocycles. The van der Waals surface area contributed by atoms with Crippen LogP contribution in [0.2, 0.25) is 0 Å². The van der Waals surface area contributed by atoms with Gasteiger partial charge in [0.1, 0.15) is 17.4 Å². The van der Waals surface area contributed by atoms with E-state index in [2.05, 4.69) is 20.3 Å². The summed E-state index contributed by atoms with van der Waals surface area (Å²) in [6.07, 6.45) is 2.53. The minimum Gasteiger partial charge on any atom is -0.388 e. The average molecular weight is 335 g/mol. The first-order valence-electron chi connectivity index (χ1n) is 7.17. The van der Waals surface area contributed by atoms with Gasteiger partial charge in [0.25, 0.3) is 5.91 Å². The third-order valence-electron chi connectivity index (χ3n) is 3.88. The largest absolute Gasteiger partial charge is 0.388 e. The fourth-order valence-corrected chi connectivity index (χ4v) is 2.99. The lowest BCUT2D eigenvalue weighted by molar-refractivity contribution is -0.0826. The topological polar surface area (TPSA) is 111 Å². The molecule has 8 nitrogen and oxygen atoms in total. The number of aromatic nitrogens is 3. The molecule has 3 N–H and O–H groups in total. The number of hydrogen-bond donors (Lipinski definition) is 3. The van der Waals surface area contributed by atoms with Gasteiger partial charge >= 0.3 is 0 Å². The number of anilines is 1. The van der Waals surface area contributed by atoms with Crippen LogP contribution >= 0.6 is 11.3 Å². The van der Waals surface area contributed by atoms with E-state index in [1.807, 2.05) is 0 Å². The number of thiazole rings is 1. The predicted octanol–water partition coefficient (Wildman–Crippen LogP) is -0.335. The van der Waals surface area contributed by atoms with Crippen LogP contribution in [0.15, 0.2) is 29.4 Å². The smallest absolute Gasteiger partial charge is 0.270 e. The zero-order chi connectivity index (χ0) is 16.3. The van der Waals surface area contributed by atoms with E-state index in [0.717, 1.165) is 0 Å². The minimum absolute atomic E-state index is 0.0337. The van der Waals surface area contributed by atoms with E-state index < -0.39 is 11.7 Å². The summed E-state index contributed by atoms with van der Waals surface area (Å²) in [7, 11) is 0. The highest BCUT2D eigenvalue weighted by Crippen LogP contribution is 2.24. The third kappa shape index (κ3) is 3.46. The molecular formula is C14H17N5O3S. The van der Waals surface area contributed by atoms with Crippen LogP contribution in [-0.2, 0) is 0 Å². The summed E-state index contributed by atoms with van der Waals surface area (Å²) in [4.78, 5) is 25.9. The number of carbonyl (C=O) groups is 1. The molecular weight excluding hydrogens is 318 g/mol. The van der Waals surface area contributed by atoms with Gasteiger partial charge < -0.3 is 20.4 Å². The molecule has 0 spiro atoms. The molecule has 3 heterocycles. The maximum Gasteiger partial charge on any atom is 0.270 e. The Bertz CT molecular complexity index is 654. The fraction of sp³-hybridized carbons (Fsp3) is 0.429. The molecule has 0 saturated carbocycles. The van der Waals surface area contributed by atoms with Gasteiger partial charge in [0.2, 0.25) is 5.95 Å². The summed E-state index contributed by atoms with van der Waals surface area (Å²) in [5.41, 5.74) is 0.497. The van der Waals surface area contributed by atoms with Crippen LogP contribution in [0.1, 0.15) is 16.9 Å². The summed E-state index contributed by atoms with van der Waals surface area (Å²) in [5, 5.41) is 25.1. The number of rotatable bonds is 4. The Hall–Kier alpha value is -2.10. The van der Waals surface area contributed by atoms with Crippen molar-refractivity contribution in [3.63, 3.8) is 0 Å². The molecule has 122 valence electrons. The highest BCUT2D eigenvalue weighted by Gasteiger charge is 2.41. The van der Waals surface area contributed by atoms with Crippen molar-refractivity contribution in [2.75, 3.05) is 24.5 Å². The lowest BCUT2D eigenvalue weighted by Crippen LogP contribution is -2.60. The van der Waals surface area contributed by atoms with Gasteiger partial charge in [-0.15, -0.1) is 11.3 Å². The number of aliphatic hydroxyl groups is 2. The van der Waals surface area contributed by atoms with Crippen molar-refractivity contribution in [1.82, 2.24) is 20.3 Å². The van der Waals surface area contributed by atoms with Gasteiger partial charge in [0, 0.05) is 37.4 Å². The van der Waals surface area contributed by atoms with Crippen molar-refractivity contribution in [2.45, 2.75) is 18.1 Å². The number of β-amino-alcohol motifs (C(OH)–C–C–N with tert-alkyl or cyclic N) is 1. The highest BCUT2D eigenvalue weighted by atomic mass is 32.1. The molecule has 1 fully saturated rings. The first-order valence-corrected chi connectivity index (χ1v) is 8.11. The van der Waals surface area contributed by atoms with Crippen LogP contribution in [0.4, 0.5) is 5.95 Å². The summed E-state index contributed by atoms with van der Waals surface area (Å²) in [5.74, 6) is 0.154. The van der Waals surface area contributed by atoms with Gasteiger partial charge in [0.15, 0.2) is 0 Å². The quantitative estimate of drug-likeness (QED) is 0.701. The standard InChI is InChI=1S/C14H17N5O3S/c20-11-6-19(13-15-3-1-4-16-13)5-2-14(11,22)8-17-12(21)10-7-23-9-18-10/h1,3-4,7,9,11,20,22H,2,5-6,8H2,(H,17,21)/t11-,14-/m1/s1. The van der Waals surface area contributed by atoms with E-state index in [9.17, 15) is 15.0 Å². The van der Waals surface area contributed by atoms with Gasteiger partial charge in [0.05, 0.1) is 5.51 Å². The molecule has 9 heteroatoms. The first-order chi connectivity index (χ1) is 11.1. The molecule has 3 rings (SSSR count). The van der Waals surface area contributed by atoms with E-state index in [1.54, 1.807) is 34.3 Å². The number of piperidine rings is 1. The van der Waals surface area contributed by atoms with E-state index in [0.29, 0.717) is 24.6 Å². The molecule has 2 atom stereocenters. The van der Waals surface area contributed by atoms with Crippen molar-refractivity contribution in [1.29, 1.82) is 0 Å². The van der Waals surface area contributed by atoms with Crippen molar-refractivity contribution in [3.05, 3.63) is 35.0 Å². The molecule has 2 aromatic heterocycles. The molecule has 1 aliphatic heterocycles. The van der Waals surface area contributed by atoms with Gasteiger partial charge in [-0.05, 0) is 12.5 Å². The third-order valence-corrected chi connectivity index (χ3v) is 4.47. The van der Waals surface area contributed by atoms with Crippen molar-refractivity contribution in [2.24, 2.45) is 0 Å². The minimum atomic E-state index is -1.38. The van der Waals surface area contributed by atoms with Crippen LogP contribution in [0.3, 0.4) is 0 Å². The number of amides is 1. The predicted molar refractivity (Wildman–Crippen MR) is 84.3 cm³/mol. The Morgan fingerprint density at radius 1 is 1.43 bits per heavy atom. The van der Waals surface area contributed by atoms with Gasteiger partial charge in [-0.1, -0.05) is 0 Å². The normalized spacial score (nSPS) is 24.4. The number of nitrogens with one attached hydrogen (secondary N) is 1. The number of carbonyl (C=O) groups excluding carboxylic acids is 1. The van der Waals surface area contributed by atoms with Crippen LogP contribution in [-0.4, -0.2) is 62.4 Å². The van der Waals surface area contributed by atoms with Crippen molar-refractivity contribution >= 4 is 23.2 Å². The lowest BCUT2D eigenvalue weighted by atomic mass is 9.88. The second kappa shape index (κ2) is 6.57. The van der Waals surface area contributed by atoms with Crippen LogP contribution < -0.4 is 10.2 Å². The zero-order valence-corrected chi connectivity index (χ0v) is 13.1. The second-order valence-corrected chi connectivity index (χ2v) is 6.14.